The van der Waals surface area contributed by atoms with Crippen LogP contribution in [0.3, 0.4) is 0 Å². The fourth-order valence-electron chi connectivity index (χ4n) is 3.41. The molecule has 1 aliphatic heterocycles. The molecule has 0 radical (unpaired) electrons. The number of likely N-dealkylation sites (N-methyl/N-ethyl adjacent to an activating group) is 1. The standard InChI is InChI=1S/C16H22N2O2/c1-18-12-9-5-6-10-13(12)20-15(14(17)16(18)19)11-7-3-2-4-8-11/h2-4,7-8,12-15H,5-6,9-10,17H2,1H3. The van der Waals surface area contributed by atoms with Crippen LogP contribution in [0, 0.1) is 0 Å². The molecule has 108 valence electrons. The molecule has 4 unspecified atom stereocenters. The first-order chi connectivity index (χ1) is 9.68. The van der Waals surface area contributed by atoms with Gasteiger partial charge in [0.1, 0.15) is 12.1 Å². The average molecular weight is 274 g/mol. The van der Waals surface area contributed by atoms with E-state index in [1.54, 1.807) is 0 Å². The molecule has 1 saturated heterocycles. The number of nitrogens with two attached hydrogens (primary N) is 1. The second-order valence-electron chi connectivity index (χ2n) is 5.83. The first kappa shape index (κ1) is 13.6. The van der Waals surface area contributed by atoms with Gasteiger partial charge < -0.3 is 15.4 Å². The molecular weight excluding hydrogens is 252 g/mol. The number of carbonyl (C=O) groups excluding carboxylic acids is 1. The van der Waals surface area contributed by atoms with E-state index in [0.29, 0.717) is 0 Å². The van der Waals surface area contributed by atoms with Gasteiger partial charge in [0.25, 0.3) is 0 Å². The minimum Gasteiger partial charge on any atom is -0.366 e. The molecule has 2 N–H and O–H groups in total. The Morgan fingerprint density at radius 2 is 1.90 bits per heavy atom. The molecule has 20 heavy (non-hydrogen) atoms. The summed E-state index contributed by atoms with van der Waals surface area (Å²) < 4.78 is 6.27. The molecule has 1 amide bonds. The van der Waals surface area contributed by atoms with Gasteiger partial charge >= 0.3 is 0 Å². The minimum absolute atomic E-state index is 0.00625. The van der Waals surface area contributed by atoms with Gasteiger partial charge in [0.05, 0.1) is 12.1 Å². The Labute approximate surface area is 119 Å². The zero-order valence-electron chi connectivity index (χ0n) is 11.9. The lowest BCUT2D eigenvalue weighted by Crippen LogP contribution is -2.48. The number of nitrogens with zero attached hydrogens (tertiary/aromatic N) is 1. The normalized spacial score (nSPS) is 34.5. The summed E-state index contributed by atoms with van der Waals surface area (Å²) >= 11 is 0. The molecule has 4 heteroatoms. The van der Waals surface area contributed by atoms with Crippen molar-refractivity contribution in [3.63, 3.8) is 0 Å². The Kier molecular flexibility index (Phi) is 3.76. The largest absolute Gasteiger partial charge is 0.366 e. The van der Waals surface area contributed by atoms with E-state index in [0.717, 1.165) is 24.8 Å². The fraction of sp³-hybridized carbons (Fsp3) is 0.562. The van der Waals surface area contributed by atoms with Crippen LogP contribution >= 0.6 is 0 Å². The van der Waals surface area contributed by atoms with Crippen molar-refractivity contribution in [3.8, 4) is 0 Å². The minimum atomic E-state index is -0.618. The van der Waals surface area contributed by atoms with Crippen LogP contribution in [-0.2, 0) is 9.53 Å². The van der Waals surface area contributed by atoms with Crippen molar-refractivity contribution in [3.05, 3.63) is 35.9 Å². The third-order valence-electron chi connectivity index (χ3n) is 4.57. The fourth-order valence-corrected chi connectivity index (χ4v) is 3.41. The molecule has 0 spiro atoms. The van der Waals surface area contributed by atoms with E-state index in [2.05, 4.69) is 0 Å². The highest BCUT2D eigenvalue weighted by Crippen LogP contribution is 2.34. The quantitative estimate of drug-likeness (QED) is 0.850. The van der Waals surface area contributed by atoms with Crippen molar-refractivity contribution in [2.75, 3.05) is 7.05 Å². The van der Waals surface area contributed by atoms with E-state index in [1.165, 1.54) is 6.42 Å². The van der Waals surface area contributed by atoms with Gasteiger partial charge in [-0.3, -0.25) is 4.79 Å². The number of hydrogen-bond donors (Lipinski definition) is 1. The molecule has 2 aliphatic rings. The SMILES string of the molecule is CN1C(=O)C(N)C(c2ccccc2)OC2CCCCC21. The third-order valence-corrected chi connectivity index (χ3v) is 4.57. The Morgan fingerprint density at radius 1 is 1.20 bits per heavy atom. The lowest BCUT2D eigenvalue weighted by Gasteiger charge is -2.35. The Hall–Kier alpha value is -1.39. The smallest absolute Gasteiger partial charge is 0.242 e. The van der Waals surface area contributed by atoms with Crippen LogP contribution in [0.1, 0.15) is 37.4 Å². The predicted molar refractivity (Wildman–Crippen MR) is 77.1 cm³/mol. The molecule has 1 aromatic rings. The zero-order chi connectivity index (χ0) is 14.1. The van der Waals surface area contributed by atoms with Gasteiger partial charge in [0.15, 0.2) is 0 Å². The van der Waals surface area contributed by atoms with Crippen LogP contribution in [0.4, 0.5) is 0 Å². The molecule has 1 aliphatic carbocycles. The van der Waals surface area contributed by atoms with Crippen molar-refractivity contribution >= 4 is 5.91 Å². The highest BCUT2D eigenvalue weighted by Gasteiger charge is 2.42. The molecule has 0 aromatic heterocycles. The first-order valence-electron chi connectivity index (χ1n) is 7.41. The maximum Gasteiger partial charge on any atom is 0.242 e. The number of benzene rings is 1. The summed E-state index contributed by atoms with van der Waals surface area (Å²) in [6, 6.07) is 9.42. The van der Waals surface area contributed by atoms with Gasteiger partial charge in [-0.25, -0.2) is 0 Å². The van der Waals surface area contributed by atoms with E-state index in [4.69, 9.17) is 10.5 Å². The summed E-state index contributed by atoms with van der Waals surface area (Å²) in [7, 11) is 1.86. The van der Waals surface area contributed by atoms with Crippen molar-refractivity contribution in [1.82, 2.24) is 4.90 Å². The molecule has 1 saturated carbocycles. The summed E-state index contributed by atoms with van der Waals surface area (Å²) in [4.78, 5) is 14.3. The van der Waals surface area contributed by atoms with Gasteiger partial charge in [-0.15, -0.1) is 0 Å². The summed E-state index contributed by atoms with van der Waals surface area (Å²) in [5.74, 6) is -0.00625. The molecule has 1 aromatic carbocycles. The predicted octanol–water partition coefficient (Wildman–Crippen LogP) is 1.85. The highest BCUT2D eigenvalue weighted by atomic mass is 16.5. The molecular formula is C16H22N2O2. The van der Waals surface area contributed by atoms with E-state index in [1.807, 2.05) is 42.3 Å². The van der Waals surface area contributed by atoms with E-state index >= 15 is 0 Å². The lowest BCUT2D eigenvalue weighted by atomic mass is 9.91. The van der Waals surface area contributed by atoms with Crippen LogP contribution in [0.5, 0.6) is 0 Å². The van der Waals surface area contributed by atoms with Crippen LogP contribution in [-0.4, -0.2) is 36.0 Å². The average Bonchev–Trinajstić information content (AvgIpc) is 2.60. The van der Waals surface area contributed by atoms with Gasteiger partial charge in [-0.1, -0.05) is 43.2 Å². The molecule has 0 bridgehead atoms. The second-order valence-corrected chi connectivity index (χ2v) is 5.83. The molecule has 4 nitrogen and oxygen atoms in total. The Morgan fingerprint density at radius 3 is 2.65 bits per heavy atom. The van der Waals surface area contributed by atoms with Crippen LogP contribution < -0.4 is 5.73 Å². The molecule has 1 heterocycles. The highest BCUT2D eigenvalue weighted by molar-refractivity contribution is 5.83. The summed E-state index contributed by atoms with van der Waals surface area (Å²) in [5, 5.41) is 0. The number of rotatable bonds is 1. The molecule has 2 fully saturated rings. The van der Waals surface area contributed by atoms with Crippen LogP contribution in [0.15, 0.2) is 30.3 Å². The van der Waals surface area contributed by atoms with Crippen molar-refractivity contribution in [1.29, 1.82) is 0 Å². The number of hydrogen-bond acceptors (Lipinski definition) is 3. The summed E-state index contributed by atoms with van der Waals surface area (Å²) in [6.45, 7) is 0. The van der Waals surface area contributed by atoms with Gasteiger partial charge in [0.2, 0.25) is 5.91 Å². The zero-order valence-corrected chi connectivity index (χ0v) is 11.9. The molecule has 4 atom stereocenters. The second kappa shape index (κ2) is 5.54. The van der Waals surface area contributed by atoms with Gasteiger partial charge in [-0.05, 0) is 18.4 Å². The van der Waals surface area contributed by atoms with Gasteiger partial charge in [0, 0.05) is 7.05 Å². The number of fused-ring (bicyclic) bond motifs is 1. The van der Waals surface area contributed by atoms with Gasteiger partial charge in [-0.2, -0.15) is 0 Å². The van der Waals surface area contributed by atoms with Crippen molar-refractivity contribution < 1.29 is 9.53 Å². The van der Waals surface area contributed by atoms with E-state index in [-0.39, 0.29) is 24.2 Å². The Bertz CT molecular complexity index is 477. The number of ether oxygens (including phenoxy) is 1. The maximum atomic E-state index is 12.5. The van der Waals surface area contributed by atoms with Crippen molar-refractivity contribution in [2.45, 2.75) is 50.0 Å². The number of amides is 1. The first-order valence-corrected chi connectivity index (χ1v) is 7.41. The lowest BCUT2D eigenvalue weighted by molar-refractivity contribution is -0.133. The molecule has 3 rings (SSSR count). The Balaban J connectivity index is 1.93. The van der Waals surface area contributed by atoms with Crippen molar-refractivity contribution in [2.24, 2.45) is 5.73 Å². The van der Waals surface area contributed by atoms with E-state index < -0.39 is 6.04 Å². The number of carbonyl (C=O) groups is 1. The maximum absolute atomic E-state index is 12.5. The third kappa shape index (κ3) is 2.34. The van der Waals surface area contributed by atoms with Crippen LogP contribution in [0.25, 0.3) is 0 Å². The monoisotopic (exact) mass is 274 g/mol. The summed E-state index contributed by atoms with van der Waals surface area (Å²) in [6.07, 6.45) is 4.13. The van der Waals surface area contributed by atoms with E-state index in [9.17, 15) is 4.79 Å². The summed E-state index contributed by atoms with van der Waals surface area (Å²) in [5.41, 5.74) is 7.18. The van der Waals surface area contributed by atoms with Crippen LogP contribution in [0.2, 0.25) is 0 Å². The topological polar surface area (TPSA) is 55.6 Å².